The zero-order valence-electron chi connectivity index (χ0n) is 8.07. The van der Waals surface area contributed by atoms with Gasteiger partial charge in [0, 0.05) is 6.04 Å². The minimum atomic E-state index is 0.0513. The summed E-state index contributed by atoms with van der Waals surface area (Å²) in [5.41, 5.74) is 8.35. The second-order valence-corrected chi connectivity index (χ2v) is 3.54. The molecule has 0 fully saturated rings. The Morgan fingerprint density at radius 3 is 3.14 bits per heavy atom. The monoisotopic (exact) mass is 193 g/mol. The molecule has 1 atom stereocenters. The van der Waals surface area contributed by atoms with Gasteiger partial charge in [-0.25, -0.2) is 0 Å². The molecule has 0 bridgehead atoms. The zero-order valence-corrected chi connectivity index (χ0v) is 8.07. The molecule has 0 saturated heterocycles. The molecule has 14 heavy (non-hydrogen) atoms. The third-order valence-electron chi connectivity index (χ3n) is 2.62. The topological polar surface area (TPSA) is 55.5 Å². The number of hydrogen-bond donors (Lipinski definition) is 2. The van der Waals surface area contributed by atoms with Crippen LogP contribution < -0.4 is 10.5 Å². The molecule has 3 nitrogen and oxygen atoms in total. The molecule has 76 valence electrons. The van der Waals surface area contributed by atoms with Crippen LogP contribution in [0.1, 0.15) is 23.6 Å². The molecule has 1 unspecified atom stereocenters. The van der Waals surface area contributed by atoms with Gasteiger partial charge in [0.2, 0.25) is 0 Å². The number of rotatable bonds is 3. The molecule has 3 heteroatoms. The molecule has 1 aromatic rings. The molecular weight excluding hydrogens is 178 g/mol. The summed E-state index contributed by atoms with van der Waals surface area (Å²) < 4.78 is 5.44. The molecule has 0 aromatic heterocycles. The molecule has 0 aliphatic heterocycles. The van der Waals surface area contributed by atoms with Gasteiger partial charge in [-0.2, -0.15) is 0 Å². The fourth-order valence-corrected chi connectivity index (χ4v) is 1.94. The fraction of sp³-hybridized carbons (Fsp3) is 0.455. The lowest BCUT2D eigenvalue weighted by Crippen LogP contribution is -2.06. The van der Waals surface area contributed by atoms with Crippen molar-refractivity contribution in [3.8, 4) is 5.75 Å². The average Bonchev–Trinajstić information content (AvgIpc) is 2.58. The maximum Gasteiger partial charge on any atom is 0.122 e. The molecule has 1 aliphatic carbocycles. The number of ether oxygens (including phenoxy) is 1. The Morgan fingerprint density at radius 1 is 1.50 bits per heavy atom. The van der Waals surface area contributed by atoms with E-state index in [0.717, 1.165) is 18.6 Å². The van der Waals surface area contributed by atoms with Crippen LogP contribution in [-0.4, -0.2) is 18.3 Å². The highest BCUT2D eigenvalue weighted by Gasteiger charge is 2.21. The van der Waals surface area contributed by atoms with Crippen molar-refractivity contribution in [3.63, 3.8) is 0 Å². The van der Waals surface area contributed by atoms with E-state index in [9.17, 15) is 0 Å². The molecule has 1 aromatic carbocycles. The van der Waals surface area contributed by atoms with Crippen LogP contribution in [0.3, 0.4) is 0 Å². The predicted octanol–water partition coefficient (Wildman–Crippen LogP) is 1.00. The van der Waals surface area contributed by atoms with Gasteiger partial charge in [0.05, 0.1) is 6.61 Å². The van der Waals surface area contributed by atoms with E-state index >= 15 is 0 Å². The van der Waals surface area contributed by atoms with E-state index in [2.05, 4.69) is 6.07 Å². The maximum atomic E-state index is 8.68. The molecule has 0 amide bonds. The quantitative estimate of drug-likeness (QED) is 0.753. The first-order valence-electron chi connectivity index (χ1n) is 4.94. The first-order chi connectivity index (χ1) is 6.83. The first-order valence-corrected chi connectivity index (χ1v) is 4.94. The Labute approximate surface area is 83.5 Å². The first kappa shape index (κ1) is 9.49. The second kappa shape index (κ2) is 3.98. The summed E-state index contributed by atoms with van der Waals surface area (Å²) in [7, 11) is 0. The van der Waals surface area contributed by atoms with Crippen LogP contribution in [0.15, 0.2) is 18.2 Å². The van der Waals surface area contributed by atoms with Crippen molar-refractivity contribution >= 4 is 0 Å². The van der Waals surface area contributed by atoms with Crippen LogP contribution >= 0.6 is 0 Å². The van der Waals surface area contributed by atoms with E-state index < -0.39 is 0 Å². The lowest BCUT2D eigenvalue weighted by Gasteiger charge is -2.10. The van der Waals surface area contributed by atoms with Crippen molar-refractivity contribution in [2.45, 2.75) is 18.9 Å². The van der Waals surface area contributed by atoms with Gasteiger partial charge in [0.1, 0.15) is 12.4 Å². The Balaban J connectivity index is 2.25. The van der Waals surface area contributed by atoms with E-state index in [1.165, 1.54) is 11.1 Å². The number of aliphatic hydroxyl groups is 1. The number of hydrogen-bond acceptors (Lipinski definition) is 3. The highest BCUT2D eigenvalue weighted by atomic mass is 16.5. The van der Waals surface area contributed by atoms with Crippen molar-refractivity contribution in [2.75, 3.05) is 13.2 Å². The van der Waals surface area contributed by atoms with Crippen LogP contribution in [0.4, 0.5) is 0 Å². The average molecular weight is 193 g/mol. The van der Waals surface area contributed by atoms with Crippen molar-refractivity contribution in [1.29, 1.82) is 0 Å². The summed E-state index contributed by atoms with van der Waals surface area (Å²) in [5, 5.41) is 8.68. The van der Waals surface area contributed by atoms with Crippen molar-refractivity contribution in [2.24, 2.45) is 5.73 Å². The Kier molecular flexibility index (Phi) is 2.70. The van der Waals surface area contributed by atoms with Gasteiger partial charge in [0.25, 0.3) is 0 Å². The molecule has 2 rings (SSSR count). The summed E-state index contributed by atoms with van der Waals surface area (Å²) in [4.78, 5) is 0. The highest BCUT2D eigenvalue weighted by Crippen LogP contribution is 2.35. The van der Waals surface area contributed by atoms with Crippen LogP contribution in [-0.2, 0) is 6.42 Å². The smallest absolute Gasteiger partial charge is 0.122 e. The van der Waals surface area contributed by atoms with E-state index in [1.54, 1.807) is 0 Å². The van der Waals surface area contributed by atoms with Gasteiger partial charge in [-0.05, 0) is 30.0 Å². The normalized spacial score (nSPS) is 19.4. The van der Waals surface area contributed by atoms with Crippen LogP contribution in [0.2, 0.25) is 0 Å². The van der Waals surface area contributed by atoms with Crippen LogP contribution in [0, 0.1) is 0 Å². The lowest BCUT2D eigenvalue weighted by molar-refractivity contribution is 0.200. The van der Waals surface area contributed by atoms with Crippen LogP contribution in [0.5, 0.6) is 5.75 Å². The Hall–Kier alpha value is -1.06. The third-order valence-corrected chi connectivity index (χ3v) is 2.62. The molecule has 0 spiro atoms. The van der Waals surface area contributed by atoms with Gasteiger partial charge in [0.15, 0.2) is 0 Å². The predicted molar refractivity (Wildman–Crippen MR) is 54.3 cm³/mol. The number of nitrogens with two attached hydrogens (primary N) is 1. The number of fused-ring (bicyclic) bond motifs is 1. The van der Waals surface area contributed by atoms with E-state index in [0.29, 0.717) is 6.61 Å². The van der Waals surface area contributed by atoms with Gasteiger partial charge < -0.3 is 15.6 Å². The standard InChI is InChI=1S/C11H15NO2/c12-10-5-4-9-8(10)2-1-3-11(9)14-7-6-13/h1-3,10,13H,4-7,12H2. The molecular formula is C11H15NO2. The van der Waals surface area contributed by atoms with E-state index in [4.69, 9.17) is 15.6 Å². The second-order valence-electron chi connectivity index (χ2n) is 3.54. The number of benzene rings is 1. The summed E-state index contributed by atoms with van der Waals surface area (Å²) in [5.74, 6) is 0.879. The van der Waals surface area contributed by atoms with Crippen molar-refractivity contribution < 1.29 is 9.84 Å². The van der Waals surface area contributed by atoms with E-state index in [1.807, 2.05) is 12.1 Å². The number of aliphatic hydroxyl groups excluding tert-OH is 1. The van der Waals surface area contributed by atoms with Crippen LogP contribution in [0.25, 0.3) is 0 Å². The summed E-state index contributed by atoms with van der Waals surface area (Å²) in [6, 6.07) is 6.10. The van der Waals surface area contributed by atoms with Gasteiger partial charge in [-0.1, -0.05) is 12.1 Å². The Bertz CT molecular complexity index is 325. The Morgan fingerprint density at radius 2 is 2.36 bits per heavy atom. The van der Waals surface area contributed by atoms with Crippen molar-refractivity contribution in [3.05, 3.63) is 29.3 Å². The molecule has 1 aliphatic rings. The molecule has 0 saturated carbocycles. The molecule has 0 heterocycles. The highest BCUT2D eigenvalue weighted by molar-refractivity contribution is 5.44. The summed E-state index contributed by atoms with van der Waals surface area (Å²) in [6.45, 7) is 0.404. The lowest BCUT2D eigenvalue weighted by atomic mass is 10.1. The minimum Gasteiger partial charge on any atom is -0.491 e. The fourth-order valence-electron chi connectivity index (χ4n) is 1.94. The van der Waals surface area contributed by atoms with Gasteiger partial charge >= 0.3 is 0 Å². The van der Waals surface area contributed by atoms with Crippen molar-refractivity contribution in [1.82, 2.24) is 0 Å². The zero-order chi connectivity index (χ0) is 9.97. The van der Waals surface area contributed by atoms with Gasteiger partial charge in [-0.15, -0.1) is 0 Å². The molecule has 0 radical (unpaired) electrons. The minimum absolute atomic E-state index is 0.0513. The third kappa shape index (κ3) is 1.61. The summed E-state index contributed by atoms with van der Waals surface area (Å²) in [6.07, 6.45) is 1.98. The SMILES string of the molecule is NC1CCc2c(OCCO)cccc21. The largest absolute Gasteiger partial charge is 0.491 e. The molecule has 3 N–H and O–H groups in total. The van der Waals surface area contributed by atoms with Gasteiger partial charge in [-0.3, -0.25) is 0 Å². The van der Waals surface area contributed by atoms with E-state index in [-0.39, 0.29) is 12.6 Å². The maximum absolute atomic E-state index is 8.68. The summed E-state index contributed by atoms with van der Waals surface area (Å²) >= 11 is 0.